The van der Waals surface area contributed by atoms with Gasteiger partial charge in [0.15, 0.2) is 0 Å². The monoisotopic (exact) mass is 397 g/mol. The molecule has 1 aromatic heterocycles. The number of benzene rings is 2. The van der Waals surface area contributed by atoms with Crippen molar-refractivity contribution >= 4 is 34.2 Å². The van der Waals surface area contributed by atoms with Crippen molar-refractivity contribution in [3.05, 3.63) is 70.0 Å². The van der Waals surface area contributed by atoms with Crippen LogP contribution in [0.15, 0.2) is 42.5 Å². The molecule has 4 rings (SSSR count). The average Bonchev–Trinajstić information content (AvgIpc) is 2.84. The molecule has 1 N–H and O–H groups in total. The van der Waals surface area contributed by atoms with Crippen molar-refractivity contribution in [3.8, 4) is 0 Å². The van der Waals surface area contributed by atoms with E-state index in [4.69, 9.17) is 16.6 Å². The van der Waals surface area contributed by atoms with E-state index >= 15 is 0 Å². The Kier molecular flexibility index (Phi) is 4.94. The van der Waals surface area contributed by atoms with E-state index in [0.29, 0.717) is 24.5 Å². The van der Waals surface area contributed by atoms with Gasteiger partial charge < -0.3 is 10.2 Å². The third-order valence-corrected chi connectivity index (χ3v) is 5.76. The van der Waals surface area contributed by atoms with Crippen molar-refractivity contribution in [2.24, 2.45) is 0 Å². The fraction of sp³-hybridized carbons (Fsp3) is 0.273. The predicted molar refractivity (Wildman–Crippen MR) is 110 cm³/mol. The summed E-state index contributed by atoms with van der Waals surface area (Å²) in [5.74, 6) is 0.427. The molecule has 0 bridgehead atoms. The summed E-state index contributed by atoms with van der Waals surface area (Å²) in [6.45, 7) is 4.52. The molecule has 6 heteroatoms. The number of nitrogens with one attached hydrogen (secondary N) is 1. The average molecular weight is 398 g/mol. The zero-order valence-electron chi connectivity index (χ0n) is 15.8. The van der Waals surface area contributed by atoms with Crippen molar-refractivity contribution in [2.45, 2.75) is 32.9 Å². The first-order chi connectivity index (χ1) is 13.4. The number of aryl methyl sites for hydroxylation is 1. The van der Waals surface area contributed by atoms with E-state index < -0.39 is 0 Å². The van der Waals surface area contributed by atoms with Gasteiger partial charge in [-0.1, -0.05) is 23.7 Å². The molecule has 0 saturated heterocycles. The van der Waals surface area contributed by atoms with Crippen LogP contribution >= 0.6 is 11.6 Å². The first-order valence-electron chi connectivity index (χ1n) is 9.28. The number of anilines is 1. The molecule has 2 heterocycles. The third-order valence-electron chi connectivity index (χ3n) is 5.35. The number of hydrogen-bond acceptors (Lipinski definition) is 3. The Balaban J connectivity index is 1.70. The molecule has 4 nitrogen and oxygen atoms in total. The highest BCUT2D eigenvalue weighted by Crippen LogP contribution is 2.31. The fourth-order valence-electron chi connectivity index (χ4n) is 3.76. The van der Waals surface area contributed by atoms with Gasteiger partial charge in [0.2, 0.25) is 5.91 Å². The second-order valence-electron chi connectivity index (χ2n) is 7.21. The standard InChI is InChI=1S/C22H21ClFN3O/c1-13-19(23)7-3-15-4-8-21(26-22(13)15)25-20-9-10-27(14(2)28)12-16-11-17(24)5-6-18(16)20/h3-8,11,20H,9-10,12H2,1-2H3,(H,25,26). The summed E-state index contributed by atoms with van der Waals surface area (Å²) in [4.78, 5) is 18.4. The Morgan fingerprint density at radius 1 is 1.25 bits per heavy atom. The van der Waals surface area contributed by atoms with Crippen LogP contribution in [0.2, 0.25) is 5.02 Å². The summed E-state index contributed by atoms with van der Waals surface area (Å²) in [6.07, 6.45) is 0.715. The minimum Gasteiger partial charge on any atom is -0.363 e. The quantitative estimate of drug-likeness (QED) is 0.643. The van der Waals surface area contributed by atoms with Crippen LogP contribution in [0, 0.1) is 12.7 Å². The molecule has 1 atom stereocenters. The molecule has 1 aliphatic heterocycles. The van der Waals surface area contributed by atoms with E-state index in [9.17, 15) is 9.18 Å². The summed E-state index contributed by atoms with van der Waals surface area (Å²) in [7, 11) is 0. The lowest BCUT2D eigenvalue weighted by molar-refractivity contribution is -0.129. The van der Waals surface area contributed by atoms with Gasteiger partial charge in [0.1, 0.15) is 11.6 Å². The molecule has 0 saturated carbocycles. The fourth-order valence-corrected chi connectivity index (χ4v) is 3.91. The number of carbonyl (C=O) groups excluding carboxylic acids is 1. The van der Waals surface area contributed by atoms with Crippen molar-refractivity contribution in [1.82, 2.24) is 9.88 Å². The van der Waals surface area contributed by atoms with Gasteiger partial charge in [-0.3, -0.25) is 4.79 Å². The van der Waals surface area contributed by atoms with Crippen molar-refractivity contribution < 1.29 is 9.18 Å². The molecule has 1 aliphatic rings. The van der Waals surface area contributed by atoms with Crippen LogP contribution in [0.4, 0.5) is 10.2 Å². The SMILES string of the molecule is CC(=O)N1CCC(Nc2ccc3ccc(Cl)c(C)c3n2)c2ccc(F)cc2C1. The van der Waals surface area contributed by atoms with Crippen molar-refractivity contribution in [3.63, 3.8) is 0 Å². The minimum atomic E-state index is -0.294. The Morgan fingerprint density at radius 2 is 2.04 bits per heavy atom. The van der Waals surface area contributed by atoms with Gasteiger partial charge in [-0.25, -0.2) is 9.37 Å². The number of aromatic nitrogens is 1. The van der Waals surface area contributed by atoms with Gasteiger partial charge in [0.05, 0.1) is 11.6 Å². The molecule has 0 radical (unpaired) electrons. The highest BCUT2D eigenvalue weighted by atomic mass is 35.5. The van der Waals surface area contributed by atoms with Crippen molar-refractivity contribution in [2.75, 3.05) is 11.9 Å². The maximum atomic E-state index is 13.8. The number of pyridine rings is 1. The molecule has 144 valence electrons. The Bertz CT molecular complexity index is 1070. The van der Waals surface area contributed by atoms with Crippen LogP contribution < -0.4 is 5.32 Å². The van der Waals surface area contributed by atoms with Crippen molar-refractivity contribution in [1.29, 1.82) is 0 Å². The van der Waals surface area contributed by atoms with E-state index in [1.54, 1.807) is 17.9 Å². The van der Waals surface area contributed by atoms with Gasteiger partial charge in [0.25, 0.3) is 0 Å². The summed E-state index contributed by atoms with van der Waals surface area (Å²) in [5.41, 5.74) is 3.62. The zero-order valence-corrected chi connectivity index (χ0v) is 16.6. The Morgan fingerprint density at radius 3 is 2.82 bits per heavy atom. The van der Waals surface area contributed by atoms with Crippen LogP contribution in [0.1, 0.15) is 36.1 Å². The molecule has 0 fully saturated rings. The number of amides is 1. The second-order valence-corrected chi connectivity index (χ2v) is 7.62. The van der Waals surface area contributed by atoms with E-state index in [2.05, 4.69) is 5.32 Å². The van der Waals surface area contributed by atoms with Gasteiger partial charge in [0, 0.05) is 30.4 Å². The number of halogens is 2. The smallest absolute Gasteiger partial charge is 0.219 e. The van der Waals surface area contributed by atoms with Gasteiger partial charge in [-0.05, 0) is 60.4 Å². The molecule has 1 unspecified atom stereocenters. The molecule has 2 aromatic carbocycles. The normalized spacial score (nSPS) is 16.6. The number of rotatable bonds is 2. The molecule has 28 heavy (non-hydrogen) atoms. The minimum absolute atomic E-state index is 0.00930. The molecular formula is C22H21ClFN3O. The first-order valence-corrected chi connectivity index (χ1v) is 9.66. The van der Waals surface area contributed by atoms with Gasteiger partial charge in [-0.15, -0.1) is 0 Å². The largest absolute Gasteiger partial charge is 0.363 e. The van der Waals surface area contributed by atoms with E-state index in [1.165, 1.54) is 12.1 Å². The lowest BCUT2D eigenvalue weighted by Gasteiger charge is -2.20. The van der Waals surface area contributed by atoms with Crippen LogP contribution in [-0.2, 0) is 11.3 Å². The van der Waals surface area contributed by atoms with E-state index in [1.807, 2.05) is 31.2 Å². The summed E-state index contributed by atoms with van der Waals surface area (Å²) < 4.78 is 13.8. The number of fused-ring (bicyclic) bond motifs is 2. The topological polar surface area (TPSA) is 45.2 Å². The third kappa shape index (κ3) is 3.54. The molecule has 0 spiro atoms. The number of carbonyl (C=O) groups is 1. The van der Waals surface area contributed by atoms with Gasteiger partial charge >= 0.3 is 0 Å². The Hall–Kier alpha value is -2.66. The molecule has 3 aromatic rings. The molecule has 0 aliphatic carbocycles. The maximum Gasteiger partial charge on any atom is 0.219 e. The number of nitrogens with zero attached hydrogens (tertiary/aromatic N) is 2. The lowest BCUT2D eigenvalue weighted by atomic mass is 9.99. The Labute approximate surface area is 168 Å². The lowest BCUT2D eigenvalue weighted by Crippen LogP contribution is -2.28. The van der Waals surface area contributed by atoms with Crippen LogP contribution in [0.3, 0.4) is 0 Å². The molecule has 1 amide bonds. The molecular weight excluding hydrogens is 377 g/mol. The van der Waals surface area contributed by atoms with Gasteiger partial charge in [-0.2, -0.15) is 0 Å². The van der Waals surface area contributed by atoms with E-state index in [0.717, 1.165) is 33.4 Å². The highest BCUT2D eigenvalue weighted by molar-refractivity contribution is 6.32. The van der Waals surface area contributed by atoms with E-state index in [-0.39, 0.29) is 17.8 Å². The highest BCUT2D eigenvalue weighted by Gasteiger charge is 2.24. The van der Waals surface area contributed by atoms with Crippen LogP contribution in [-0.4, -0.2) is 22.3 Å². The first kappa shape index (κ1) is 18.7. The second kappa shape index (κ2) is 7.40. The van der Waals surface area contributed by atoms with Crippen LogP contribution in [0.25, 0.3) is 10.9 Å². The number of hydrogen-bond donors (Lipinski definition) is 1. The predicted octanol–water partition coefficient (Wildman–Crippen LogP) is 5.24. The summed E-state index contributed by atoms with van der Waals surface area (Å²) >= 11 is 6.25. The maximum absolute atomic E-state index is 13.8. The van der Waals surface area contributed by atoms with Crippen LogP contribution in [0.5, 0.6) is 0 Å². The summed E-state index contributed by atoms with van der Waals surface area (Å²) in [6, 6.07) is 12.5. The zero-order chi connectivity index (χ0) is 19.8. The summed E-state index contributed by atoms with van der Waals surface area (Å²) in [5, 5.41) is 5.19.